The summed E-state index contributed by atoms with van der Waals surface area (Å²) in [4.78, 5) is 8.90. The van der Waals surface area contributed by atoms with E-state index in [1.54, 1.807) is 44.2 Å². The molecule has 0 atom stereocenters. The molecule has 7 rings (SSSR count). The molecule has 3 nitrogen and oxygen atoms in total. The van der Waals surface area contributed by atoms with Crippen molar-refractivity contribution in [1.29, 1.82) is 0 Å². The van der Waals surface area contributed by atoms with Gasteiger partial charge in [-0.15, -0.1) is 23.8 Å². The van der Waals surface area contributed by atoms with E-state index < -0.39 is 26.0 Å². The molecule has 3 aromatic heterocycles. The van der Waals surface area contributed by atoms with Crippen LogP contribution < -0.4 is 4.40 Å². The smallest absolute Gasteiger partial charge is 0 e. The van der Waals surface area contributed by atoms with Crippen LogP contribution in [0.5, 0.6) is 0 Å². The topological polar surface area (TPSA) is 38.9 Å². The molecule has 1 radical (unpaired) electrons. The Hall–Kier alpha value is -3.83. The van der Waals surface area contributed by atoms with Gasteiger partial charge in [-0.25, -0.2) is 0 Å². The Labute approximate surface area is 295 Å². The van der Waals surface area contributed by atoms with Crippen molar-refractivity contribution in [2.24, 2.45) is 0 Å². The normalized spacial score (nSPS) is 13.4. The van der Waals surface area contributed by atoms with Gasteiger partial charge in [0.25, 0.3) is 0 Å². The number of aryl methyl sites for hydroxylation is 1. The monoisotopic (exact) mass is 846 g/mol. The summed E-state index contributed by atoms with van der Waals surface area (Å²) < 4.78 is 47.0. The Morgan fingerprint density at radius 2 is 1.59 bits per heavy atom. The predicted molar refractivity (Wildman–Crippen MR) is 192 cm³/mol. The van der Waals surface area contributed by atoms with Gasteiger partial charge < -0.3 is 9.40 Å². The first-order valence-electron chi connectivity index (χ1n) is 17.5. The van der Waals surface area contributed by atoms with E-state index in [4.69, 9.17) is 11.3 Å². The van der Waals surface area contributed by atoms with Crippen LogP contribution in [-0.2, 0) is 20.1 Å². The Balaban J connectivity index is 0.000000237. The molecule has 0 saturated heterocycles. The Morgan fingerprint density at radius 1 is 0.783 bits per heavy atom. The molecular formula is C41H38GeIrN2O-2. The quantitative estimate of drug-likeness (QED) is 0.128. The molecule has 0 aliphatic carbocycles. The van der Waals surface area contributed by atoms with Crippen molar-refractivity contribution < 1.29 is 31.4 Å². The zero-order valence-electron chi connectivity index (χ0n) is 31.5. The second-order valence-electron chi connectivity index (χ2n) is 12.3. The number of aromatic nitrogens is 2. The van der Waals surface area contributed by atoms with Crippen LogP contribution >= 0.6 is 0 Å². The third-order valence-corrected chi connectivity index (χ3v) is 12.0. The molecule has 233 valence electrons. The van der Waals surface area contributed by atoms with Gasteiger partial charge in [0.15, 0.2) is 0 Å². The molecule has 0 fully saturated rings. The average molecular weight is 845 g/mol. The first kappa shape index (κ1) is 27.3. The fourth-order valence-corrected chi connectivity index (χ4v) is 7.36. The van der Waals surface area contributed by atoms with Gasteiger partial charge in [0, 0.05) is 37.2 Å². The molecule has 0 spiro atoms. The molecular weight excluding hydrogens is 801 g/mol. The van der Waals surface area contributed by atoms with Gasteiger partial charge in [0.05, 0.1) is 5.58 Å². The largest absolute Gasteiger partial charge is 0 e. The van der Waals surface area contributed by atoms with Crippen LogP contribution in [0.4, 0.5) is 0 Å². The van der Waals surface area contributed by atoms with Gasteiger partial charge in [-0.05, 0) is 46.8 Å². The maximum absolute atomic E-state index is 8.46. The van der Waals surface area contributed by atoms with E-state index in [1.165, 1.54) is 10.6 Å². The number of furan rings is 1. The number of fused-ring (bicyclic) bond motifs is 3. The third-order valence-electron chi connectivity index (χ3n) is 7.78. The summed E-state index contributed by atoms with van der Waals surface area (Å²) >= 11 is -1.77. The minimum Gasteiger partial charge on any atom is 0 e. The molecule has 5 heteroatoms. The second-order valence-corrected chi connectivity index (χ2v) is 23.0. The summed E-state index contributed by atoms with van der Waals surface area (Å²) in [5.41, 5.74) is 7.34. The minimum absolute atomic E-state index is 0. The van der Waals surface area contributed by atoms with E-state index in [2.05, 4.69) is 69.7 Å². The number of benzene rings is 4. The SMILES string of the molecule is [2H]C([2H])([2H])c1cnc(-c2[c-]cc3oc4cc(-c5ccccc5)ccc4c3c2)cc1C([2H])(C)C.[2H]c1cc[c-]c(-c2cc[c]([Ge]([CH3])([CH3])[CH3])cn2)c1.[Ir]. The van der Waals surface area contributed by atoms with E-state index in [9.17, 15) is 0 Å². The van der Waals surface area contributed by atoms with Crippen molar-refractivity contribution in [3.8, 4) is 33.6 Å². The van der Waals surface area contributed by atoms with Gasteiger partial charge >= 0.3 is 101 Å². The second kappa shape index (κ2) is 14.3. The Kier molecular flexibility index (Phi) is 8.48. The van der Waals surface area contributed by atoms with Crippen LogP contribution in [0, 0.1) is 19.0 Å². The molecule has 0 aliphatic heterocycles. The van der Waals surface area contributed by atoms with Gasteiger partial charge in [-0.2, -0.15) is 0 Å². The van der Waals surface area contributed by atoms with E-state index in [0.29, 0.717) is 17.3 Å². The zero-order valence-corrected chi connectivity index (χ0v) is 31.0. The molecule has 7 aromatic rings. The van der Waals surface area contributed by atoms with Crippen LogP contribution in [-0.4, -0.2) is 23.2 Å². The average Bonchev–Trinajstić information content (AvgIpc) is 3.45. The van der Waals surface area contributed by atoms with Crippen LogP contribution in [0.25, 0.3) is 55.6 Å². The molecule has 0 aliphatic rings. The van der Waals surface area contributed by atoms with Gasteiger partial charge in [0.1, 0.15) is 5.58 Å². The number of hydrogen-bond acceptors (Lipinski definition) is 3. The standard InChI is InChI=1S/C27H22NO.C14H16GeN.Ir/c1-17(2)23-15-25(28-16-18(23)3)21-10-12-26-24(13-21)22-11-9-20(14-27(22)29-26)19-7-5-4-6-8-19;1-15(2,3)13-9-10-14(16-11-13)12-7-5-4-6-8-12;/h4-9,11-17H,1-3H3;4-7,9-11H,1-3H3;/q2*-1;/i3D3,17D;5D;. The van der Waals surface area contributed by atoms with Crippen molar-refractivity contribution >= 4 is 39.6 Å². The Morgan fingerprint density at radius 3 is 2.28 bits per heavy atom. The molecule has 46 heavy (non-hydrogen) atoms. The van der Waals surface area contributed by atoms with Gasteiger partial charge in [-0.3, -0.25) is 0 Å². The van der Waals surface area contributed by atoms with Crippen LogP contribution in [0.1, 0.15) is 37.7 Å². The third kappa shape index (κ3) is 7.42. The van der Waals surface area contributed by atoms with E-state index in [0.717, 1.165) is 49.9 Å². The fourth-order valence-electron chi connectivity index (χ4n) is 5.19. The number of rotatable bonds is 5. The molecule has 0 unspecified atom stereocenters. The van der Waals surface area contributed by atoms with Gasteiger partial charge in [0.2, 0.25) is 0 Å². The van der Waals surface area contributed by atoms with Crippen molar-refractivity contribution in [3.05, 3.63) is 139 Å². The number of nitrogens with zero attached hydrogens (tertiary/aromatic N) is 2. The number of pyridine rings is 2. The van der Waals surface area contributed by atoms with Crippen molar-refractivity contribution in [2.75, 3.05) is 0 Å². The van der Waals surface area contributed by atoms with Crippen molar-refractivity contribution in [1.82, 2.24) is 9.97 Å². The van der Waals surface area contributed by atoms with Crippen LogP contribution in [0.15, 0.2) is 120 Å². The molecule has 0 saturated carbocycles. The Bertz CT molecular complexity index is 2290. The minimum atomic E-state index is -2.33. The first-order valence-corrected chi connectivity index (χ1v) is 22.3. The van der Waals surface area contributed by atoms with Gasteiger partial charge in [-0.1, -0.05) is 67.8 Å². The number of hydrogen-bond donors (Lipinski definition) is 0. The van der Waals surface area contributed by atoms with Crippen molar-refractivity contribution in [2.45, 2.75) is 43.9 Å². The summed E-state index contributed by atoms with van der Waals surface area (Å²) in [6.07, 6.45) is 3.35. The molecule has 0 amide bonds. The maximum Gasteiger partial charge on any atom is 0 e. The molecule has 3 heterocycles. The molecule has 0 N–H and O–H groups in total. The summed E-state index contributed by atoms with van der Waals surface area (Å²) in [5.74, 6) is 5.98. The van der Waals surface area contributed by atoms with E-state index in [1.807, 2.05) is 42.6 Å². The summed E-state index contributed by atoms with van der Waals surface area (Å²) in [6.45, 7) is 1.04. The predicted octanol–water partition coefficient (Wildman–Crippen LogP) is 10.6. The fraction of sp³-hybridized carbons (Fsp3) is 0.171. The summed E-state index contributed by atoms with van der Waals surface area (Å²) in [6, 6.07) is 38.1. The van der Waals surface area contributed by atoms with Crippen LogP contribution in [0.3, 0.4) is 0 Å². The summed E-state index contributed by atoms with van der Waals surface area (Å²) in [7, 11) is 0. The zero-order chi connectivity index (χ0) is 35.8. The van der Waals surface area contributed by atoms with E-state index in [-0.39, 0.29) is 25.7 Å². The van der Waals surface area contributed by atoms with Crippen molar-refractivity contribution in [3.63, 3.8) is 0 Å². The van der Waals surface area contributed by atoms with Crippen LogP contribution in [0.2, 0.25) is 17.3 Å². The first-order chi connectivity index (χ1) is 23.6. The summed E-state index contributed by atoms with van der Waals surface area (Å²) in [5, 5.41) is 1.92. The molecule has 0 bridgehead atoms. The molecule has 4 aromatic carbocycles. The maximum atomic E-state index is 8.46. The van der Waals surface area contributed by atoms with E-state index >= 15 is 0 Å².